The van der Waals surface area contributed by atoms with Gasteiger partial charge in [0.05, 0.1) is 5.92 Å². The van der Waals surface area contributed by atoms with E-state index in [4.69, 9.17) is 4.74 Å². The van der Waals surface area contributed by atoms with E-state index in [0.717, 1.165) is 19.3 Å². The lowest BCUT2D eigenvalue weighted by atomic mass is 9.95. The number of esters is 1. The lowest BCUT2D eigenvalue weighted by Crippen LogP contribution is -2.24. The summed E-state index contributed by atoms with van der Waals surface area (Å²) in [5, 5.41) is 9.90. The van der Waals surface area contributed by atoms with Crippen LogP contribution in [0.15, 0.2) is 12.2 Å². The number of unbranched alkanes of at least 4 members (excludes halogenated alkanes) is 12. The van der Waals surface area contributed by atoms with Crippen molar-refractivity contribution in [3.8, 4) is 0 Å². The van der Waals surface area contributed by atoms with Gasteiger partial charge in [-0.3, -0.25) is 4.79 Å². The predicted molar refractivity (Wildman–Crippen MR) is 109 cm³/mol. The third kappa shape index (κ3) is 10.4. The van der Waals surface area contributed by atoms with Gasteiger partial charge in [0.15, 0.2) is 0 Å². The van der Waals surface area contributed by atoms with Gasteiger partial charge in [0.2, 0.25) is 0 Å². The van der Waals surface area contributed by atoms with Crippen LogP contribution in [0.2, 0.25) is 0 Å². The summed E-state index contributed by atoms with van der Waals surface area (Å²) in [5.74, 6) is -0.500. The van der Waals surface area contributed by atoms with Gasteiger partial charge >= 0.3 is 5.97 Å². The molecule has 1 aliphatic rings. The highest BCUT2D eigenvalue weighted by molar-refractivity contribution is 5.75. The van der Waals surface area contributed by atoms with Gasteiger partial charge in [-0.25, -0.2) is 0 Å². The van der Waals surface area contributed by atoms with E-state index >= 15 is 0 Å². The van der Waals surface area contributed by atoms with Crippen LogP contribution in [0, 0.1) is 5.92 Å². The van der Waals surface area contributed by atoms with Crippen molar-refractivity contribution >= 4 is 5.97 Å². The lowest BCUT2D eigenvalue weighted by Gasteiger charge is -2.11. The minimum atomic E-state index is -0.606. The Kier molecular flexibility index (Phi) is 13.6. The van der Waals surface area contributed by atoms with Crippen LogP contribution in [0.4, 0.5) is 0 Å². The molecular weight excluding hydrogens is 324 g/mol. The quantitative estimate of drug-likeness (QED) is 0.197. The molecule has 1 N–H and O–H groups in total. The fourth-order valence-corrected chi connectivity index (χ4v) is 3.71. The Hall–Kier alpha value is -0.830. The average Bonchev–Trinajstić information content (AvgIpc) is 2.87. The molecule has 0 saturated carbocycles. The summed E-state index contributed by atoms with van der Waals surface area (Å²) in [5.41, 5.74) is 0. The molecule has 0 unspecified atom stereocenters. The first-order valence-electron chi connectivity index (χ1n) is 11.2. The molecule has 1 aliphatic heterocycles. The van der Waals surface area contributed by atoms with Crippen molar-refractivity contribution in [3.63, 3.8) is 0 Å². The summed E-state index contributed by atoms with van der Waals surface area (Å²) in [6.45, 7) is 4.03. The van der Waals surface area contributed by atoms with Gasteiger partial charge in [-0.15, -0.1) is 0 Å². The van der Waals surface area contributed by atoms with Crippen molar-refractivity contribution in [1.82, 2.24) is 0 Å². The van der Waals surface area contributed by atoms with Gasteiger partial charge in [-0.05, 0) is 39.0 Å². The molecular formula is C23H42O3. The predicted octanol–water partition coefficient (Wildman–Crippen LogP) is 6.34. The number of rotatable bonds is 16. The number of hydrogen-bond donors (Lipinski definition) is 1. The van der Waals surface area contributed by atoms with Crippen LogP contribution in [0.1, 0.15) is 110 Å². The minimum absolute atomic E-state index is 0.210. The van der Waals surface area contributed by atoms with Crippen LogP contribution in [-0.4, -0.2) is 23.3 Å². The number of aliphatic hydroxyl groups is 1. The first-order chi connectivity index (χ1) is 12.7. The molecule has 0 aromatic rings. The van der Waals surface area contributed by atoms with Gasteiger partial charge in [0.25, 0.3) is 0 Å². The van der Waals surface area contributed by atoms with Crippen molar-refractivity contribution in [2.24, 2.45) is 5.92 Å². The van der Waals surface area contributed by atoms with Crippen molar-refractivity contribution in [2.45, 2.75) is 122 Å². The van der Waals surface area contributed by atoms with Gasteiger partial charge in [0.1, 0.15) is 12.2 Å². The SMILES string of the molecule is CCCCCCCC/C=C\CCCCCCCC[C@H]1C(=O)O[C@H](C)[C@@H]1O. The zero-order valence-corrected chi connectivity index (χ0v) is 17.3. The molecule has 1 saturated heterocycles. The Morgan fingerprint density at radius 1 is 0.846 bits per heavy atom. The van der Waals surface area contributed by atoms with Crippen LogP contribution in [0.5, 0.6) is 0 Å². The Morgan fingerprint density at radius 2 is 1.35 bits per heavy atom. The maximum absolute atomic E-state index is 11.6. The monoisotopic (exact) mass is 366 g/mol. The Bertz CT molecular complexity index is 378. The maximum Gasteiger partial charge on any atom is 0.312 e. The molecule has 1 fully saturated rings. The van der Waals surface area contributed by atoms with E-state index in [2.05, 4.69) is 19.1 Å². The molecule has 3 heteroatoms. The number of hydrogen-bond acceptors (Lipinski definition) is 3. The third-order valence-corrected chi connectivity index (χ3v) is 5.52. The first-order valence-corrected chi connectivity index (χ1v) is 11.2. The fraction of sp³-hybridized carbons (Fsp3) is 0.870. The van der Waals surface area contributed by atoms with Crippen LogP contribution < -0.4 is 0 Å². The number of carbonyl (C=O) groups excluding carboxylic acids is 1. The molecule has 0 bridgehead atoms. The zero-order chi connectivity index (χ0) is 19.0. The molecule has 3 atom stereocenters. The second-order valence-electron chi connectivity index (χ2n) is 7.97. The van der Waals surface area contributed by atoms with E-state index in [1.807, 2.05) is 0 Å². The molecule has 0 spiro atoms. The molecule has 0 aromatic carbocycles. The van der Waals surface area contributed by atoms with Crippen molar-refractivity contribution in [1.29, 1.82) is 0 Å². The summed E-state index contributed by atoms with van der Waals surface area (Å²) >= 11 is 0. The molecule has 0 aromatic heterocycles. The van der Waals surface area contributed by atoms with Gasteiger partial charge in [-0.1, -0.05) is 83.3 Å². The van der Waals surface area contributed by atoms with E-state index in [-0.39, 0.29) is 18.0 Å². The smallest absolute Gasteiger partial charge is 0.312 e. The highest BCUT2D eigenvalue weighted by atomic mass is 16.6. The summed E-state index contributed by atoms with van der Waals surface area (Å²) in [7, 11) is 0. The number of ether oxygens (including phenoxy) is 1. The summed E-state index contributed by atoms with van der Waals surface area (Å²) in [6, 6.07) is 0. The molecule has 0 radical (unpaired) electrons. The Labute approximate surface area is 161 Å². The van der Waals surface area contributed by atoms with Crippen molar-refractivity contribution < 1.29 is 14.6 Å². The molecule has 1 rings (SSSR count). The number of allylic oxidation sites excluding steroid dienone is 2. The van der Waals surface area contributed by atoms with Crippen molar-refractivity contribution in [2.75, 3.05) is 0 Å². The number of cyclic esters (lactones) is 1. The highest BCUT2D eigenvalue weighted by Gasteiger charge is 2.40. The Balaban J connectivity index is 1.82. The molecule has 1 heterocycles. The zero-order valence-electron chi connectivity index (χ0n) is 17.3. The topological polar surface area (TPSA) is 46.5 Å². The largest absolute Gasteiger partial charge is 0.460 e. The number of carbonyl (C=O) groups is 1. The Morgan fingerprint density at radius 3 is 1.85 bits per heavy atom. The van der Waals surface area contributed by atoms with Gasteiger partial charge < -0.3 is 9.84 Å². The van der Waals surface area contributed by atoms with Crippen LogP contribution in [0.25, 0.3) is 0 Å². The molecule has 152 valence electrons. The number of aliphatic hydroxyl groups excluding tert-OH is 1. The standard InChI is InChI=1S/C23H42O3/c1-3-4-5-6-7-8-9-10-11-12-13-14-15-16-17-18-19-21-22(24)20(2)26-23(21)25/h10-11,20-22,24H,3-9,12-19H2,1-2H3/b11-10-/t20-,21-,22+/m1/s1. The second-order valence-corrected chi connectivity index (χ2v) is 7.97. The molecule has 3 nitrogen and oxygen atoms in total. The van der Waals surface area contributed by atoms with Crippen molar-refractivity contribution in [3.05, 3.63) is 12.2 Å². The summed E-state index contributed by atoms with van der Waals surface area (Å²) < 4.78 is 5.07. The summed E-state index contributed by atoms with van der Waals surface area (Å²) in [6.07, 6.45) is 22.6. The minimum Gasteiger partial charge on any atom is -0.460 e. The van der Waals surface area contributed by atoms with Crippen LogP contribution in [-0.2, 0) is 9.53 Å². The van der Waals surface area contributed by atoms with E-state index in [1.54, 1.807) is 6.92 Å². The third-order valence-electron chi connectivity index (χ3n) is 5.52. The molecule has 0 amide bonds. The van der Waals surface area contributed by atoms with Gasteiger partial charge in [-0.2, -0.15) is 0 Å². The fourth-order valence-electron chi connectivity index (χ4n) is 3.71. The van der Waals surface area contributed by atoms with E-state index in [0.29, 0.717) is 0 Å². The maximum atomic E-state index is 11.6. The van der Waals surface area contributed by atoms with Crippen LogP contribution in [0.3, 0.4) is 0 Å². The molecule has 26 heavy (non-hydrogen) atoms. The van der Waals surface area contributed by atoms with Gasteiger partial charge in [0, 0.05) is 0 Å². The second kappa shape index (κ2) is 15.2. The lowest BCUT2D eigenvalue weighted by molar-refractivity contribution is -0.143. The average molecular weight is 367 g/mol. The normalized spacial score (nSPS) is 23.0. The summed E-state index contributed by atoms with van der Waals surface area (Å²) in [4.78, 5) is 11.6. The van der Waals surface area contributed by atoms with E-state index in [1.165, 1.54) is 77.0 Å². The highest BCUT2D eigenvalue weighted by Crippen LogP contribution is 2.26. The first kappa shape index (κ1) is 23.2. The van der Waals surface area contributed by atoms with E-state index in [9.17, 15) is 9.90 Å². The molecule has 0 aliphatic carbocycles. The van der Waals surface area contributed by atoms with Crippen LogP contribution >= 0.6 is 0 Å². The van der Waals surface area contributed by atoms with E-state index < -0.39 is 6.10 Å².